The third kappa shape index (κ3) is 3.39. The zero-order chi connectivity index (χ0) is 17.9. The van der Waals surface area contributed by atoms with E-state index in [9.17, 15) is 0 Å². The first-order valence-corrected chi connectivity index (χ1v) is 8.90. The molecule has 0 atom stereocenters. The highest BCUT2D eigenvalue weighted by atomic mass is 79.9. The summed E-state index contributed by atoms with van der Waals surface area (Å²) in [5.74, 6) is 0.533. The maximum atomic E-state index is 5.91. The van der Waals surface area contributed by atoms with Crippen molar-refractivity contribution in [2.24, 2.45) is 0 Å². The van der Waals surface area contributed by atoms with E-state index in [0.29, 0.717) is 34.9 Å². The Balaban J connectivity index is 1.70. The molecule has 6 nitrogen and oxygen atoms in total. The SMILES string of the molecule is Nc1nc(OCc2ccccc2)c2nc(Br)n(Cc3ccccc3)c2n1. The molecule has 0 bridgehead atoms. The van der Waals surface area contributed by atoms with Crippen molar-refractivity contribution in [3.63, 3.8) is 0 Å². The van der Waals surface area contributed by atoms with Crippen LogP contribution in [0.1, 0.15) is 11.1 Å². The molecule has 4 aromatic rings. The van der Waals surface area contributed by atoms with Crippen LogP contribution in [0.25, 0.3) is 11.2 Å². The average Bonchev–Trinajstić information content (AvgIpc) is 2.97. The van der Waals surface area contributed by atoms with E-state index in [-0.39, 0.29) is 5.95 Å². The summed E-state index contributed by atoms with van der Waals surface area (Å²) in [4.78, 5) is 13.1. The molecule has 2 aromatic carbocycles. The second-order valence-electron chi connectivity index (χ2n) is 5.79. The number of rotatable bonds is 5. The number of hydrogen-bond donors (Lipinski definition) is 1. The highest BCUT2D eigenvalue weighted by Crippen LogP contribution is 2.27. The molecule has 0 aliphatic heterocycles. The Morgan fingerprint density at radius 3 is 2.23 bits per heavy atom. The maximum Gasteiger partial charge on any atom is 0.247 e. The first-order valence-electron chi connectivity index (χ1n) is 8.10. The fourth-order valence-electron chi connectivity index (χ4n) is 2.70. The maximum absolute atomic E-state index is 5.91. The van der Waals surface area contributed by atoms with Gasteiger partial charge in [-0.15, -0.1) is 0 Å². The molecule has 0 spiro atoms. The lowest BCUT2D eigenvalue weighted by Gasteiger charge is -2.08. The van der Waals surface area contributed by atoms with Crippen molar-refractivity contribution in [1.29, 1.82) is 0 Å². The zero-order valence-corrected chi connectivity index (χ0v) is 15.4. The summed E-state index contributed by atoms with van der Waals surface area (Å²) < 4.78 is 8.47. The smallest absolute Gasteiger partial charge is 0.247 e. The molecule has 4 rings (SSSR count). The van der Waals surface area contributed by atoms with Crippen molar-refractivity contribution < 1.29 is 4.74 Å². The van der Waals surface area contributed by atoms with E-state index in [1.54, 1.807) is 0 Å². The minimum absolute atomic E-state index is 0.155. The molecule has 2 N–H and O–H groups in total. The fraction of sp³-hybridized carbons (Fsp3) is 0.105. The summed E-state index contributed by atoms with van der Waals surface area (Å²) in [6, 6.07) is 20.0. The van der Waals surface area contributed by atoms with Crippen LogP contribution in [0.3, 0.4) is 0 Å². The summed E-state index contributed by atoms with van der Waals surface area (Å²) in [5, 5.41) is 0. The first kappa shape index (κ1) is 16.5. The number of benzene rings is 2. The molecule has 0 fully saturated rings. The molecule has 0 aliphatic carbocycles. The molecule has 2 aromatic heterocycles. The van der Waals surface area contributed by atoms with Crippen LogP contribution < -0.4 is 10.5 Å². The van der Waals surface area contributed by atoms with E-state index in [1.165, 1.54) is 0 Å². The Morgan fingerprint density at radius 2 is 1.54 bits per heavy atom. The van der Waals surface area contributed by atoms with Gasteiger partial charge in [-0.25, -0.2) is 4.98 Å². The highest BCUT2D eigenvalue weighted by Gasteiger charge is 2.17. The molecule has 130 valence electrons. The quantitative estimate of drug-likeness (QED) is 0.507. The van der Waals surface area contributed by atoms with Crippen LogP contribution in [0.5, 0.6) is 5.88 Å². The van der Waals surface area contributed by atoms with Gasteiger partial charge in [-0.2, -0.15) is 9.97 Å². The number of fused-ring (bicyclic) bond motifs is 1. The van der Waals surface area contributed by atoms with Crippen LogP contribution in [0.4, 0.5) is 5.95 Å². The highest BCUT2D eigenvalue weighted by molar-refractivity contribution is 9.10. The van der Waals surface area contributed by atoms with Gasteiger partial charge in [0.15, 0.2) is 15.9 Å². The van der Waals surface area contributed by atoms with Gasteiger partial charge in [-0.3, -0.25) is 4.57 Å². The zero-order valence-electron chi connectivity index (χ0n) is 13.8. The van der Waals surface area contributed by atoms with Gasteiger partial charge in [-0.1, -0.05) is 60.7 Å². The van der Waals surface area contributed by atoms with E-state index in [1.807, 2.05) is 53.1 Å². The predicted molar refractivity (Wildman–Crippen MR) is 104 cm³/mol. The van der Waals surface area contributed by atoms with Crippen molar-refractivity contribution in [2.45, 2.75) is 13.2 Å². The van der Waals surface area contributed by atoms with Crippen LogP contribution in [0.2, 0.25) is 0 Å². The largest absolute Gasteiger partial charge is 0.471 e. The second-order valence-corrected chi connectivity index (χ2v) is 6.50. The molecule has 0 unspecified atom stereocenters. The van der Waals surface area contributed by atoms with Gasteiger partial charge in [0.05, 0.1) is 6.54 Å². The number of hydrogen-bond acceptors (Lipinski definition) is 5. The summed E-state index contributed by atoms with van der Waals surface area (Å²) >= 11 is 3.51. The van der Waals surface area contributed by atoms with Gasteiger partial charge < -0.3 is 10.5 Å². The van der Waals surface area contributed by atoms with Crippen molar-refractivity contribution in [2.75, 3.05) is 5.73 Å². The van der Waals surface area contributed by atoms with Gasteiger partial charge in [0.1, 0.15) is 6.61 Å². The summed E-state index contributed by atoms with van der Waals surface area (Å²) in [6.07, 6.45) is 0. The molecule has 0 radical (unpaired) electrons. The van der Waals surface area contributed by atoms with E-state index in [4.69, 9.17) is 10.5 Å². The fourth-order valence-corrected chi connectivity index (χ4v) is 3.17. The Kier molecular flexibility index (Phi) is 4.53. The van der Waals surface area contributed by atoms with Crippen molar-refractivity contribution >= 4 is 33.0 Å². The van der Waals surface area contributed by atoms with E-state index in [0.717, 1.165) is 11.1 Å². The number of halogens is 1. The summed E-state index contributed by atoms with van der Waals surface area (Å²) in [5.41, 5.74) is 9.30. The number of imidazole rings is 1. The third-order valence-electron chi connectivity index (χ3n) is 3.94. The van der Waals surface area contributed by atoms with E-state index in [2.05, 4.69) is 43.0 Å². The number of nitrogens with two attached hydrogens (primary N) is 1. The van der Waals surface area contributed by atoms with E-state index >= 15 is 0 Å². The topological polar surface area (TPSA) is 78.9 Å². The van der Waals surface area contributed by atoms with Crippen molar-refractivity contribution in [3.05, 3.63) is 76.5 Å². The lowest BCUT2D eigenvalue weighted by molar-refractivity contribution is 0.297. The second kappa shape index (κ2) is 7.13. The number of ether oxygens (including phenoxy) is 1. The van der Waals surface area contributed by atoms with Gasteiger partial charge >= 0.3 is 0 Å². The molecular formula is C19H16BrN5O. The first-order chi connectivity index (χ1) is 12.7. The van der Waals surface area contributed by atoms with Gasteiger partial charge in [0.25, 0.3) is 0 Å². The third-order valence-corrected chi connectivity index (χ3v) is 4.54. The van der Waals surface area contributed by atoms with E-state index < -0.39 is 0 Å². The molecule has 26 heavy (non-hydrogen) atoms. The average molecular weight is 410 g/mol. The molecule has 0 amide bonds. The Labute approximate surface area is 158 Å². The minimum atomic E-state index is 0.155. The molecule has 0 aliphatic rings. The van der Waals surface area contributed by atoms with Gasteiger partial charge in [-0.05, 0) is 27.1 Å². The predicted octanol–water partition coefficient (Wildman–Crippen LogP) is 3.80. The number of nitrogens with zero attached hydrogens (tertiary/aromatic N) is 4. The summed E-state index contributed by atoms with van der Waals surface area (Å²) in [7, 11) is 0. The van der Waals surface area contributed by atoms with Crippen LogP contribution in [0.15, 0.2) is 65.4 Å². The van der Waals surface area contributed by atoms with Crippen molar-refractivity contribution in [1.82, 2.24) is 19.5 Å². The van der Waals surface area contributed by atoms with Gasteiger partial charge in [0, 0.05) is 0 Å². The summed E-state index contributed by atoms with van der Waals surface area (Å²) in [6.45, 7) is 1.00. The Hall–Kier alpha value is -2.93. The Morgan fingerprint density at radius 1 is 0.885 bits per heavy atom. The number of aromatic nitrogens is 4. The van der Waals surface area contributed by atoms with Crippen LogP contribution in [-0.4, -0.2) is 19.5 Å². The minimum Gasteiger partial charge on any atom is -0.471 e. The molecule has 0 saturated carbocycles. The molecule has 0 saturated heterocycles. The molecular weight excluding hydrogens is 394 g/mol. The van der Waals surface area contributed by atoms with Gasteiger partial charge in [0.2, 0.25) is 11.8 Å². The monoisotopic (exact) mass is 409 g/mol. The normalized spacial score (nSPS) is 11.0. The molecule has 2 heterocycles. The standard InChI is InChI=1S/C19H16BrN5O/c20-18-22-15-16(25(18)11-13-7-3-1-4-8-13)23-19(21)24-17(15)26-12-14-9-5-2-6-10-14/h1-10H,11-12H2,(H2,21,23,24). The van der Waals surface area contributed by atoms with Crippen LogP contribution in [-0.2, 0) is 13.2 Å². The lowest BCUT2D eigenvalue weighted by Crippen LogP contribution is -2.05. The number of anilines is 1. The van der Waals surface area contributed by atoms with Crippen LogP contribution >= 0.6 is 15.9 Å². The van der Waals surface area contributed by atoms with Crippen LogP contribution in [0, 0.1) is 0 Å². The lowest BCUT2D eigenvalue weighted by atomic mass is 10.2. The number of nitrogen functional groups attached to an aromatic ring is 1. The van der Waals surface area contributed by atoms with Crippen molar-refractivity contribution in [3.8, 4) is 5.88 Å². The Bertz CT molecular complexity index is 1030. The molecule has 7 heteroatoms.